The van der Waals surface area contributed by atoms with Crippen molar-refractivity contribution in [3.63, 3.8) is 0 Å². The fourth-order valence-corrected chi connectivity index (χ4v) is 3.74. The van der Waals surface area contributed by atoms with Gasteiger partial charge in [0.2, 0.25) is 10.0 Å². The average molecular weight is 271 g/mol. The Balaban J connectivity index is 2.35. The summed E-state index contributed by atoms with van der Waals surface area (Å²) in [6, 6.07) is 6.53. The van der Waals surface area contributed by atoms with E-state index in [1.165, 1.54) is 10.4 Å². The molecule has 0 aromatic heterocycles. The quantitative estimate of drug-likeness (QED) is 0.873. The van der Waals surface area contributed by atoms with Gasteiger partial charge < -0.3 is 9.84 Å². The summed E-state index contributed by atoms with van der Waals surface area (Å²) >= 11 is 0. The summed E-state index contributed by atoms with van der Waals surface area (Å²) in [6.45, 7) is 2.67. The lowest BCUT2D eigenvalue weighted by molar-refractivity contribution is 0.0101. The van der Waals surface area contributed by atoms with Crippen LogP contribution in [-0.2, 0) is 21.4 Å². The molecule has 0 spiro atoms. The summed E-state index contributed by atoms with van der Waals surface area (Å²) < 4.78 is 31.7. The Morgan fingerprint density at radius 1 is 1.44 bits per heavy atom. The van der Waals surface area contributed by atoms with Gasteiger partial charge in [0.1, 0.15) is 0 Å². The highest BCUT2D eigenvalue weighted by Gasteiger charge is 2.30. The number of hydrogen-bond donors (Lipinski definition) is 1. The Morgan fingerprint density at radius 2 is 2.17 bits per heavy atom. The van der Waals surface area contributed by atoms with E-state index in [0.29, 0.717) is 25.3 Å². The first kappa shape index (κ1) is 13.5. The lowest BCUT2D eigenvalue weighted by Gasteiger charge is -2.30. The molecule has 1 heterocycles. The third kappa shape index (κ3) is 2.56. The maximum absolute atomic E-state index is 12.5. The highest BCUT2D eigenvalue weighted by Crippen LogP contribution is 2.22. The van der Waals surface area contributed by atoms with Crippen LogP contribution in [0.2, 0.25) is 0 Å². The van der Waals surface area contributed by atoms with E-state index in [9.17, 15) is 13.5 Å². The van der Waals surface area contributed by atoms with Crippen LogP contribution in [0.25, 0.3) is 0 Å². The van der Waals surface area contributed by atoms with E-state index < -0.39 is 10.0 Å². The smallest absolute Gasteiger partial charge is 0.243 e. The van der Waals surface area contributed by atoms with E-state index in [1.54, 1.807) is 18.2 Å². The zero-order valence-corrected chi connectivity index (χ0v) is 11.1. The van der Waals surface area contributed by atoms with Gasteiger partial charge in [-0.15, -0.1) is 0 Å². The molecule has 6 heteroatoms. The number of nitrogens with zero attached hydrogens (tertiary/aromatic N) is 1. The highest BCUT2D eigenvalue weighted by molar-refractivity contribution is 7.89. The molecule has 0 saturated carbocycles. The minimum atomic E-state index is -3.54. The summed E-state index contributed by atoms with van der Waals surface area (Å²) in [4.78, 5) is 0.182. The number of aliphatic hydroxyl groups is 1. The summed E-state index contributed by atoms with van der Waals surface area (Å²) in [7, 11) is -3.54. The van der Waals surface area contributed by atoms with Crippen LogP contribution >= 0.6 is 0 Å². The van der Waals surface area contributed by atoms with Crippen molar-refractivity contribution in [2.45, 2.75) is 24.5 Å². The monoisotopic (exact) mass is 271 g/mol. The van der Waals surface area contributed by atoms with Gasteiger partial charge in [0, 0.05) is 13.1 Å². The fraction of sp³-hybridized carbons (Fsp3) is 0.500. The molecule has 1 fully saturated rings. The van der Waals surface area contributed by atoms with Crippen molar-refractivity contribution < 1.29 is 18.3 Å². The third-order valence-corrected chi connectivity index (χ3v) is 4.93. The average Bonchev–Trinajstić information content (AvgIpc) is 2.38. The molecule has 2 rings (SSSR count). The maximum atomic E-state index is 12.5. The fourth-order valence-electron chi connectivity index (χ4n) is 2.03. The van der Waals surface area contributed by atoms with Crippen LogP contribution in [0, 0.1) is 0 Å². The van der Waals surface area contributed by atoms with Gasteiger partial charge in [0.05, 0.1) is 24.2 Å². The Morgan fingerprint density at radius 3 is 2.83 bits per heavy atom. The summed E-state index contributed by atoms with van der Waals surface area (Å²) in [5.41, 5.74) is 0.427. The Labute approximate surface area is 107 Å². The summed E-state index contributed by atoms with van der Waals surface area (Å²) in [6.07, 6.45) is -0.102. The lowest BCUT2D eigenvalue weighted by Crippen LogP contribution is -2.44. The van der Waals surface area contributed by atoms with Crippen LogP contribution in [0.3, 0.4) is 0 Å². The third-order valence-electron chi connectivity index (χ3n) is 2.96. The summed E-state index contributed by atoms with van der Waals surface area (Å²) in [5, 5.41) is 9.22. The van der Waals surface area contributed by atoms with Crippen molar-refractivity contribution in [1.29, 1.82) is 0 Å². The molecule has 1 atom stereocenters. The number of aliphatic hydroxyl groups excluding tert-OH is 1. The lowest BCUT2D eigenvalue weighted by atomic mass is 10.2. The molecular formula is C12H17NO4S. The minimum Gasteiger partial charge on any atom is -0.392 e. The number of rotatable bonds is 3. The second-order valence-electron chi connectivity index (χ2n) is 4.31. The predicted octanol–water partition coefficient (Wildman–Crippen LogP) is 0.588. The number of morpholine rings is 1. The topological polar surface area (TPSA) is 66.8 Å². The molecule has 1 unspecified atom stereocenters. The van der Waals surface area contributed by atoms with Gasteiger partial charge in [0.15, 0.2) is 0 Å². The van der Waals surface area contributed by atoms with E-state index in [1.807, 2.05) is 6.92 Å². The molecule has 0 radical (unpaired) electrons. The van der Waals surface area contributed by atoms with E-state index in [-0.39, 0.29) is 17.6 Å². The molecule has 1 saturated heterocycles. The Bertz CT molecular complexity index is 515. The van der Waals surface area contributed by atoms with E-state index in [0.717, 1.165) is 0 Å². The van der Waals surface area contributed by atoms with Gasteiger partial charge in [-0.3, -0.25) is 0 Å². The summed E-state index contributed by atoms with van der Waals surface area (Å²) in [5.74, 6) is 0. The Kier molecular flexibility index (Phi) is 4.01. The normalized spacial score (nSPS) is 22.0. The standard InChI is InChI=1S/C12H17NO4S/c1-10-8-13(6-7-17-10)18(15,16)12-5-3-2-4-11(12)9-14/h2-5,10,14H,6-9H2,1H3. The molecule has 1 aromatic rings. The predicted molar refractivity (Wildman–Crippen MR) is 66.5 cm³/mol. The second-order valence-corrected chi connectivity index (χ2v) is 6.22. The molecule has 1 aliphatic rings. The first-order chi connectivity index (χ1) is 8.55. The first-order valence-electron chi connectivity index (χ1n) is 5.86. The largest absolute Gasteiger partial charge is 0.392 e. The van der Waals surface area contributed by atoms with Gasteiger partial charge >= 0.3 is 0 Å². The molecule has 0 amide bonds. The van der Waals surface area contributed by atoms with Gasteiger partial charge in [-0.2, -0.15) is 4.31 Å². The van der Waals surface area contributed by atoms with Crippen LogP contribution in [0.4, 0.5) is 0 Å². The van der Waals surface area contributed by atoms with E-state index >= 15 is 0 Å². The van der Waals surface area contributed by atoms with Crippen LogP contribution in [0.5, 0.6) is 0 Å². The maximum Gasteiger partial charge on any atom is 0.243 e. The number of hydrogen-bond acceptors (Lipinski definition) is 4. The molecule has 18 heavy (non-hydrogen) atoms. The molecule has 0 aliphatic carbocycles. The van der Waals surface area contributed by atoms with Crippen LogP contribution in [0.1, 0.15) is 12.5 Å². The van der Waals surface area contributed by atoms with Crippen LogP contribution in [0.15, 0.2) is 29.2 Å². The van der Waals surface area contributed by atoms with Gasteiger partial charge in [-0.25, -0.2) is 8.42 Å². The van der Waals surface area contributed by atoms with Gasteiger partial charge in [-0.05, 0) is 18.6 Å². The van der Waals surface area contributed by atoms with Crippen molar-refractivity contribution in [2.75, 3.05) is 19.7 Å². The molecule has 100 valence electrons. The van der Waals surface area contributed by atoms with Crippen molar-refractivity contribution >= 4 is 10.0 Å². The highest BCUT2D eigenvalue weighted by atomic mass is 32.2. The SMILES string of the molecule is CC1CN(S(=O)(=O)c2ccccc2CO)CCO1. The van der Waals surface area contributed by atoms with Crippen LogP contribution in [-0.4, -0.2) is 43.6 Å². The molecule has 1 aromatic carbocycles. The van der Waals surface area contributed by atoms with Crippen LogP contribution < -0.4 is 0 Å². The van der Waals surface area contributed by atoms with E-state index in [2.05, 4.69) is 0 Å². The van der Waals surface area contributed by atoms with E-state index in [4.69, 9.17) is 4.74 Å². The van der Waals surface area contributed by atoms with Crippen molar-refractivity contribution in [3.05, 3.63) is 29.8 Å². The molecule has 0 bridgehead atoms. The zero-order chi connectivity index (χ0) is 13.2. The van der Waals surface area contributed by atoms with Gasteiger partial charge in [0.25, 0.3) is 0 Å². The molecule has 1 aliphatic heterocycles. The van der Waals surface area contributed by atoms with Gasteiger partial charge in [-0.1, -0.05) is 18.2 Å². The minimum absolute atomic E-state index is 0.102. The first-order valence-corrected chi connectivity index (χ1v) is 7.30. The zero-order valence-electron chi connectivity index (χ0n) is 10.2. The number of ether oxygens (including phenoxy) is 1. The van der Waals surface area contributed by atoms with Crippen molar-refractivity contribution in [3.8, 4) is 0 Å². The Hall–Kier alpha value is -0.950. The van der Waals surface area contributed by atoms with Crippen molar-refractivity contribution in [2.24, 2.45) is 0 Å². The molecule has 5 nitrogen and oxygen atoms in total. The second kappa shape index (κ2) is 5.36. The molecular weight excluding hydrogens is 254 g/mol. The molecule has 1 N–H and O–H groups in total. The van der Waals surface area contributed by atoms with Crippen molar-refractivity contribution in [1.82, 2.24) is 4.31 Å². The number of benzene rings is 1. The number of sulfonamides is 1.